The minimum atomic E-state index is -0.987. The molecule has 2 heterocycles. The summed E-state index contributed by atoms with van der Waals surface area (Å²) in [5.41, 5.74) is 0.521. The van der Waals surface area contributed by atoms with Crippen LogP contribution in [0, 0.1) is 0 Å². The molecule has 0 aromatic heterocycles. The maximum Gasteiger partial charge on any atom is 0.327 e. The highest BCUT2D eigenvalue weighted by Crippen LogP contribution is 2.27. The third kappa shape index (κ3) is 3.12. The van der Waals surface area contributed by atoms with E-state index in [0.717, 1.165) is 11.3 Å². The lowest BCUT2D eigenvalue weighted by Crippen LogP contribution is -2.41. The van der Waals surface area contributed by atoms with Crippen molar-refractivity contribution >= 4 is 17.7 Å². The maximum absolute atomic E-state index is 12.2. The molecule has 3 amide bonds. The third-order valence-electron chi connectivity index (χ3n) is 4.36. The Balaban J connectivity index is 1.55. The number of ketones is 1. The zero-order valence-corrected chi connectivity index (χ0v) is 13.5. The average molecular weight is 332 g/mol. The van der Waals surface area contributed by atoms with Crippen LogP contribution in [0.1, 0.15) is 30.1 Å². The Kier molecular flexibility index (Phi) is 4.53. The molecule has 1 aromatic rings. The van der Waals surface area contributed by atoms with Crippen molar-refractivity contribution in [3.05, 3.63) is 29.8 Å². The first-order chi connectivity index (χ1) is 11.5. The number of aliphatic hydroxyl groups is 1. The molecule has 7 heteroatoms. The molecular formula is C17H20N2O5. The lowest BCUT2D eigenvalue weighted by atomic mass is 10.1. The van der Waals surface area contributed by atoms with E-state index >= 15 is 0 Å². The second-order valence-corrected chi connectivity index (χ2v) is 6.13. The van der Waals surface area contributed by atoms with Crippen LogP contribution in [-0.2, 0) is 4.79 Å². The number of nitrogens with zero attached hydrogens (tertiary/aromatic N) is 2. The van der Waals surface area contributed by atoms with Crippen molar-refractivity contribution in [2.24, 2.45) is 0 Å². The van der Waals surface area contributed by atoms with Crippen molar-refractivity contribution in [2.45, 2.75) is 31.9 Å². The van der Waals surface area contributed by atoms with Gasteiger partial charge in [-0.25, -0.2) is 4.79 Å². The van der Waals surface area contributed by atoms with Gasteiger partial charge in [0.15, 0.2) is 5.78 Å². The number of imide groups is 1. The molecule has 0 saturated carbocycles. The fraction of sp³-hybridized carbons (Fsp3) is 0.471. The number of hydrogen-bond donors (Lipinski definition) is 1. The SMILES string of the molecule is CC(=O)c1cccc(OC[C@H](O)CN2C(=O)[C@H]3CCCN3C2=O)c1. The second-order valence-electron chi connectivity index (χ2n) is 6.13. The maximum atomic E-state index is 12.2. The molecule has 0 bridgehead atoms. The molecule has 0 radical (unpaired) electrons. The molecule has 24 heavy (non-hydrogen) atoms. The van der Waals surface area contributed by atoms with E-state index in [1.54, 1.807) is 29.2 Å². The zero-order valence-electron chi connectivity index (χ0n) is 13.5. The van der Waals surface area contributed by atoms with Crippen LogP contribution in [0.15, 0.2) is 24.3 Å². The monoisotopic (exact) mass is 332 g/mol. The predicted octanol–water partition coefficient (Wildman–Crippen LogP) is 1.06. The van der Waals surface area contributed by atoms with Crippen LogP contribution < -0.4 is 4.74 Å². The van der Waals surface area contributed by atoms with E-state index < -0.39 is 6.10 Å². The van der Waals surface area contributed by atoms with E-state index in [1.807, 2.05) is 0 Å². The van der Waals surface area contributed by atoms with Gasteiger partial charge in [-0.15, -0.1) is 0 Å². The highest BCUT2D eigenvalue weighted by Gasteiger charge is 2.47. The van der Waals surface area contributed by atoms with Gasteiger partial charge in [-0.3, -0.25) is 14.5 Å². The van der Waals surface area contributed by atoms with Crippen molar-refractivity contribution in [2.75, 3.05) is 19.7 Å². The number of urea groups is 1. The Morgan fingerprint density at radius 2 is 2.21 bits per heavy atom. The van der Waals surface area contributed by atoms with E-state index in [9.17, 15) is 19.5 Å². The largest absolute Gasteiger partial charge is 0.491 e. The van der Waals surface area contributed by atoms with Gasteiger partial charge in [0.05, 0.1) is 6.54 Å². The summed E-state index contributed by atoms with van der Waals surface area (Å²) in [5.74, 6) is 0.145. The fourth-order valence-electron chi connectivity index (χ4n) is 3.11. The molecule has 0 spiro atoms. The lowest BCUT2D eigenvalue weighted by Gasteiger charge is -2.19. The number of aliphatic hydroxyl groups excluding tert-OH is 1. The Bertz CT molecular complexity index is 653. The summed E-state index contributed by atoms with van der Waals surface area (Å²) in [5, 5.41) is 10.1. The second kappa shape index (κ2) is 6.60. The molecular weight excluding hydrogens is 312 g/mol. The molecule has 1 N–H and O–H groups in total. The van der Waals surface area contributed by atoms with Gasteiger partial charge in [-0.1, -0.05) is 12.1 Å². The summed E-state index contributed by atoms with van der Waals surface area (Å²) < 4.78 is 5.47. The van der Waals surface area contributed by atoms with Gasteiger partial charge >= 0.3 is 6.03 Å². The van der Waals surface area contributed by atoms with Gasteiger partial charge in [0.25, 0.3) is 5.91 Å². The van der Waals surface area contributed by atoms with Gasteiger partial charge < -0.3 is 14.7 Å². The van der Waals surface area contributed by atoms with Crippen LogP contribution in [-0.4, -0.2) is 64.5 Å². The Morgan fingerprint density at radius 1 is 1.42 bits per heavy atom. The number of amides is 3. The first-order valence-corrected chi connectivity index (χ1v) is 8.01. The van der Waals surface area contributed by atoms with Gasteiger partial charge in [-0.2, -0.15) is 0 Å². The van der Waals surface area contributed by atoms with E-state index in [1.165, 1.54) is 6.92 Å². The lowest BCUT2D eigenvalue weighted by molar-refractivity contribution is -0.129. The van der Waals surface area contributed by atoms with Gasteiger partial charge in [0.1, 0.15) is 24.5 Å². The van der Waals surface area contributed by atoms with Crippen LogP contribution in [0.2, 0.25) is 0 Å². The molecule has 2 aliphatic heterocycles. The summed E-state index contributed by atoms with van der Waals surface area (Å²) >= 11 is 0. The van der Waals surface area contributed by atoms with Gasteiger partial charge in [0, 0.05) is 12.1 Å². The number of ether oxygens (including phenoxy) is 1. The van der Waals surface area contributed by atoms with E-state index in [0.29, 0.717) is 24.3 Å². The third-order valence-corrected chi connectivity index (χ3v) is 4.36. The summed E-state index contributed by atoms with van der Waals surface area (Å²) in [4.78, 5) is 38.4. The van der Waals surface area contributed by atoms with Gasteiger partial charge in [-0.05, 0) is 31.9 Å². The number of hydrogen-bond acceptors (Lipinski definition) is 5. The summed E-state index contributed by atoms with van der Waals surface area (Å²) in [6.07, 6.45) is 0.540. The van der Waals surface area contributed by atoms with E-state index in [2.05, 4.69) is 0 Å². The highest BCUT2D eigenvalue weighted by molar-refractivity contribution is 6.04. The molecule has 2 aliphatic rings. The van der Waals surface area contributed by atoms with Crippen LogP contribution in [0.3, 0.4) is 0 Å². The topological polar surface area (TPSA) is 87.2 Å². The predicted molar refractivity (Wildman–Crippen MR) is 84.8 cm³/mol. The van der Waals surface area contributed by atoms with Crippen molar-refractivity contribution in [3.8, 4) is 5.75 Å². The molecule has 128 valence electrons. The molecule has 0 aliphatic carbocycles. The van der Waals surface area contributed by atoms with Crippen LogP contribution in [0.25, 0.3) is 0 Å². The fourth-order valence-corrected chi connectivity index (χ4v) is 3.11. The number of benzene rings is 1. The molecule has 3 rings (SSSR count). The summed E-state index contributed by atoms with van der Waals surface area (Å²) in [7, 11) is 0. The summed E-state index contributed by atoms with van der Waals surface area (Å²) in [6.45, 7) is 1.90. The Hall–Kier alpha value is -2.41. The minimum Gasteiger partial charge on any atom is -0.491 e. The average Bonchev–Trinajstić information content (AvgIpc) is 3.13. The number of rotatable bonds is 6. The standard InChI is InChI=1S/C17H20N2O5/c1-11(20)12-4-2-5-14(8-12)24-10-13(21)9-19-16(22)15-6-3-7-18(15)17(19)23/h2,4-5,8,13,15,21H,3,6-7,9-10H2,1H3/t13-,15-/m1/s1. The number of carbonyl (C=O) groups is 3. The van der Waals surface area contributed by atoms with Crippen LogP contribution in [0.4, 0.5) is 4.79 Å². The first-order valence-electron chi connectivity index (χ1n) is 8.01. The number of carbonyl (C=O) groups excluding carboxylic acids is 3. The first kappa shape index (κ1) is 16.4. The Morgan fingerprint density at radius 3 is 2.92 bits per heavy atom. The number of β-amino-alcohol motifs (C(OH)–C–C–N with tert-alkyl or cyclic N) is 1. The molecule has 1 aromatic carbocycles. The zero-order chi connectivity index (χ0) is 17.3. The van der Waals surface area contributed by atoms with Gasteiger partial charge in [0.2, 0.25) is 0 Å². The summed E-state index contributed by atoms with van der Waals surface area (Å²) in [6, 6.07) is 5.96. The molecule has 0 unspecified atom stereocenters. The molecule has 2 atom stereocenters. The molecule has 2 saturated heterocycles. The molecule has 7 nitrogen and oxygen atoms in total. The molecule has 2 fully saturated rings. The van der Waals surface area contributed by atoms with Crippen LogP contribution in [0.5, 0.6) is 5.75 Å². The van der Waals surface area contributed by atoms with Crippen molar-refractivity contribution in [1.29, 1.82) is 0 Å². The van der Waals surface area contributed by atoms with Crippen LogP contribution >= 0.6 is 0 Å². The normalized spacial score (nSPS) is 21.2. The highest BCUT2D eigenvalue weighted by atomic mass is 16.5. The number of Topliss-reactive ketones (excluding diaryl/α,β-unsaturated/α-hetero) is 1. The smallest absolute Gasteiger partial charge is 0.327 e. The van der Waals surface area contributed by atoms with E-state index in [4.69, 9.17) is 4.74 Å². The Labute approximate surface area is 139 Å². The van der Waals surface area contributed by atoms with E-state index in [-0.39, 0.29) is 36.9 Å². The quantitative estimate of drug-likeness (QED) is 0.622. The number of fused-ring (bicyclic) bond motifs is 1. The van der Waals surface area contributed by atoms with Crippen molar-refractivity contribution < 1.29 is 24.2 Å². The van der Waals surface area contributed by atoms with Crippen molar-refractivity contribution in [3.63, 3.8) is 0 Å². The minimum absolute atomic E-state index is 0.0664. The van der Waals surface area contributed by atoms with Crippen molar-refractivity contribution in [1.82, 2.24) is 9.80 Å².